The molecule has 32 heavy (non-hydrogen) atoms. The smallest absolute Gasteiger partial charge is 0.251 e. The molecule has 1 unspecified atom stereocenters. The molecule has 0 amide bonds. The van der Waals surface area contributed by atoms with Crippen molar-refractivity contribution in [2.24, 2.45) is 5.73 Å². The number of halogens is 1. The number of anilines is 2. The van der Waals surface area contributed by atoms with E-state index in [1.807, 2.05) is 11.0 Å². The fourth-order valence-corrected chi connectivity index (χ4v) is 5.44. The van der Waals surface area contributed by atoms with Crippen LogP contribution in [0.5, 0.6) is 0 Å². The fraction of sp³-hybridized carbons (Fsp3) is 0.273. The Hall–Kier alpha value is -3.24. The molecule has 8 nitrogen and oxygen atoms in total. The third-order valence-corrected chi connectivity index (χ3v) is 7.21. The molecule has 166 valence electrons. The fourth-order valence-electron chi connectivity index (χ4n) is 4.23. The van der Waals surface area contributed by atoms with E-state index in [4.69, 9.17) is 5.73 Å². The van der Waals surface area contributed by atoms with E-state index in [0.717, 1.165) is 6.42 Å². The van der Waals surface area contributed by atoms with Crippen molar-refractivity contribution in [3.8, 4) is 0 Å². The van der Waals surface area contributed by atoms with Gasteiger partial charge in [-0.2, -0.15) is 4.98 Å². The average Bonchev–Trinajstić information content (AvgIpc) is 3.36. The van der Waals surface area contributed by atoms with Crippen LogP contribution in [0.3, 0.4) is 0 Å². The van der Waals surface area contributed by atoms with Gasteiger partial charge in [0.15, 0.2) is 0 Å². The van der Waals surface area contributed by atoms with Gasteiger partial charge in [0.25, 0.3) is 5.16 Å². The maximum Gasteiger partial charge on any atom is 0.251 e. The minimum Gasteiger partial charge on any atom is -0.386 e. The molecule has 4 N–H and O–H groups in total. The number of hydrogen-bond acceptors (Lipinski definition) is 7. The second kappa shape index (κ2) is 7.72. The molecule has 1 fully saturated rings. The van der Waals surface area contributed by atoms with E-state index in [-0.39, 0.29) is 17.0 Å². The summed E-state index contributed by atoms with van der Waals surface area (Å²) in [6.07, 6.45) is 0.760. The first-order valence-electron chi connectivity index (χ1n) is 10.3. The molecule has 4 aromatic rings. The number of fused-ring (bicyclic) bond motifs is 3. The van der Waals surface area contributed by atoms with Gasteiger partial charge in [0.1, 0.15) is 17.3 Å². The second-order valence-corrected chi connectivity index (χ2v) is 9.93. The lowest BCUT2D eigenvalue weighted by Crippen LogP contribution is -2.27. The second-order valence-electron chi connectivity index (χ2n) is 8.04. The number of rotatable bonds is 5. The van der Waals surface area contributed by atoms with Crippen molar-refractivity contribution in [1.29, 1.82) is 0 Å². The maximum absolute atomic E-state index is 14.3. The van der Waals surface area contributed by atoms with E-state index in [1.54, 1.807) is 31.3 Å². The van der Waals surface area contributed by atoms with Crippen LogP contribution in [0.15, 0.2) is 47.6 Å². The summed E-state index contributed by atoms with van der Waals surface area (Å²) in [4.78, 5) is 14.0. The summed E-state index contributed by atoms with van der Waals surface area (Å²) >= 11 is 0. The maximum atomic E-state index is 14.3. The minimum atomic E-state index is -3.82. The Balaban J connectivity index is 1.75. The summed E-state index contributed by atoms with van der Waals surface area (Å²) in [7, 11) is -2.13. The highest BCUT2D eigenvalue weighted by Crippen LogP contribution is 2.37. The Kier molecular flexibility index (Phi) is 4.98. The van der Waals surface area contributed by atoms with Gasteiger partial charge in [-0.3, -0.25) is 0 Å². The molecule has 0 spiro atoms. The Labute approximate surface area is 184 Å². The predicted octanol–water partition coefficient (Wildman–Crippen LogP) is 2.80. The van der Waals surface area contributed by atoms with Crippen molar-refractivity contribution in [3.63, 3.8) is 0 Å². The van der Waals surface area contributed by atoms with Gasteiger partial charge in [-0.05, 0) is 24.1 Å². The van der Waals surface area contributed by atoms with Crippen molar-refractivity contribution in [1.82, 2.24) is 15.0 Å². The highest BCUT2D eigenvalue weighted by molar-refractivity contribution is 7.90. The largest absolute Gasteiger partial charge is 0.386 e. The third kappa shape index (κ3) is 3.55. The molecular weight excluding hydrogens is 431 g/mol. The van der Waals surface area contributed by atoms with Crippen LogP contribution in [0.25, 0.3) is 21.9 Å². The van der Waals surface area contributed by atoms with Crippen LogP contribution in [0.1, 0.15) is 12.0 Å². The number of aromatic amines is 1. The zero-order valence-corrected chi connectivity index (χ0v) is 18.3. The third-order valence-electron chi connectivity index (χ3n) is 5.76. The summed E-state index contributed by atoms with van der Waals surface area (Å²) < 4.78 is 40.8. The van der Waals surface area contributed by atoms with Crippen molar-refractivity contribution >= 4 is 43.3 Å². The predicted molar refractivity (Wildman–Crippen MR) is 123 cm³/mol. The van der Waals surface area contributed by atoms with E-state index in [1.165, 1.54) is 12.1 Å². The molecule has 10 heteroatoms. The van der Waals surface area contributed by atoms with Crippen LogP contribution < -0.4 is 16.0 Å². The molecule has 0 saturated carbocycles. The van der Waals surface area contributed by atoms with Crippen molar-refractivity contribution in [2.45, 2.75) is 23.4 Å². The zero-order chi connectivity index (χ0) is 22.5. The first-order chi connectivity index (χ1) is 15.4. The molecule has 1 aliphatic rings. The Morgan fingerprint density at radius 2 is 2.03 bits per heavy atom. The van der Waals surface area contributed by atoms with Gasteiger partial charge in [-0.1, -0.05) is 30.3 Å². The van der Waals surface area contributed by atoms with Crippen molar-refractivity contribution < 1.29 is 12.8 Å². The van der Waals surface area contributed by atoms with E-state index < -0.39 is 15.7 Å². The van der Waals surface area contributed by atoms with Crippen molar-refractivity contribution in [3.05, 3.63) is 53.8 Å². The average molecular weight is 455 g/mol. The molecule has 2 aromatic carbocycles. The molecule has 5 rings (SSSR count). The van der Waals surface area contributed by atoms with Gasteiger partial charge >= 0.3 is 0 Å². The molecule has 2 aromatic heterocycles. The standard InChI is InChI=1S/C22H23FN6O2S/c1-25-17-10-14(23)9-16-18-20(26-19(16)17)27-22(28-21(18)29-8-7-15(24)11-29)32(30,31)12-13-5-3-2-4-6-13/h2-6,9-10,15,25H,7-8,11-12,24H2,1H3,(H,26,27,28). The number of H-pyrrole nitrogens is 1. The molecule has 1 saturated heterocycles. The SMILES string of the molecule is CNc1cc(F)cc2c1[nH]c1nc(S(=O)(=O)Cc3ccccc3)nc(N3CCC(N)C3)c12. The van der Waals surface area contributed by atoms with Crippen LogP contribution in [-0.2, 0) is 15.6 Å². The van der Waals surface area contributed by atoms with Gasteiger partial charge in [0, 0.05) is 31.6 Å². The summed E-state index contributed by atoms with van der Waals surface area (Å²) in [6, 6.07) is 11.7. The lowest BCUT2D eigenvalue weighted by Gasteiger charge is -2.19. The van der Waals surface area contributed by atoms with Crippen LogP contribution in [0.4, 0.5) is 15.9 Å². The lowest BCUT2D eigenvalue weighted by atomic mass is 10.1. The van der Waals surface area contributed by atoms with E-state index in [9.17, 15) is 12.8 Å². The summed E-state index contributed by atoms with van der Waals surface area (Å²) in [5, 5.41) is 3.89. The molecule has 1 aliphatic heterocycles. The Bertz CT molecular complexity index is 1420. The van der Waals surface area contributed by atoms with Crippen LogP contribution in [0.2, 0.25) is 0 Å². The van der Waals surface area contributed by atoms with E-state index in [2.05, 4.69) is 20.3 Å². The molecule has 3 heterocycles. The summed E-state index contributed by atoms with van der Waals surface area (Å²) in [5.74, 6) is -0.171. The molecular formula is C22H23FN6O2S. The van der Waals surface area contributed by atoms with Crippen LogP contribution in [-0.4, -0.2) is 49.5 Å². The number of nitrogens with one attached hydrogen (secondary N) is 2. The lowest BCUT2D eigenvalue weighted by molar-refractivity contribution is 0.586. The zero-order valence-electron chi connectivity index (χ0n) is 17.5. The van der Waals surface area contributed by atoms with Crippen LogP contribution >= 0.6 is 0 Å². The number of nitrogens with zero attached hydrogens (tertiary/aromatic N) is 3. The van der Waals surface area contributed by atoms with Gasteiger partial charge in [0.05, 0.1) is 22.3 Å². The normalized spacial score (nSPS) is 16.8. The topological polar surface area (TPSA) is 117 Å². The number of benzene rings is 2. The number of sulfone groups is 1. The Morgan fingerprint density at radius 3 is 2.72 bits per heavy atom. The molecule has 0 radical (unpaired) electrons. The first-order valence-corrected chi connectivity index (χ1v) is 12.0. The minimum absolute atomic E-state index is 0.0424. The van der Waals surface area contributed by atoms with Gasteiger partial charge in [-0.15, -0.1) is 0 Å². The monoisotopic (exact) mass is 454 g/mol. The summed E-state index contributed by atoms with van der Waals surface area (Å²) in [5.41, 5.74) is 8.30. The number of aromatic nitrogens is 3. The van der Waals surface area contributed by atoms with Gasteiger partial charge in [-0.25, -0.2) is 17.8 Å². The quantitative estimate of drug-likeness (QED) is 0.397. The number of hydrogen-bond donors (Lipinski definition) is 3. The first kappa shape index (κ1) is 20.7. The van der Waals surface area contributed by atoms with Gasteiger partial charge < -0.3 is 20.9 Å². The molecule has 0 aliphatic carbocycles. The van der Waals surface area contributed by atoms with Crippen molar-refractivity contribution in [2.75, 3.05) is 30.4 Å². The highest BCUT2D eigenvalue weighted by atomic mass is 32.2. The molecule has 0 bridgehead atoms. The number of nitrogens with two attached hydrogens (primary N) is 1. The van der Waals surface area contributed by atoms with E-state index >= 15 is 0 Å². The molecule has 1 atom stereocenters. The van der Waals surface area contributed by atoms with Crippen LogP contribution in [0, 0.1) is 5.82 Å². The summed E-state index contributed by atoms with van der Waals surface area (Å²) in [6.45, 7) is 1.16. The van der Waals surface area contributed by atoms with E-state index in [0.29, 0.717) is 52.1 Å². The Morgan fingerprint density at radius 1 is 1.25 bits per heavy atom. The highest BCUT2D eigenvalue weighted by Gasteiger charge is 2.29. The van der Waals surface area contributed by atoms with Gasteiger partial charge in [0.2, 0.25) is 9.84 Å².